The molecule has 0 fully saturated rings. The van der Waals surface area contributed by atoms with Gasteiger partial charge in [0, 0.05) is 5.92 Å². The van der Waals surface area contributed by atoms with Crippen LogP contribution in [0.1, 0.15) is 28.2 Å². The first-order valence-corrected chi connectivity index (χ1v) is 27.5. The van der Waals surface area contributed by atoms with Crippen molar-refractivity contribution in [1.29, 1.82) is 0 Å². The number of hydrogen-bond acceptors (Lipinski definition) is 0. The molecule has 60 heavy (non-hydrogen) atoms. The third-order valence-corrected chi connectivity index (χ3v) is 21.1. The van der Waals surface area contributed by atoms with Crippen LogP contribution >= 0.6 is 0 Å². The van der Waals surface area contributed by atoms with Crippen molar-refractivity contribution in [3.05, 3.63) is 228 Å². The topological polar surface area (TPSA) is 0 Å². The number of hydrogen-bond donors (Lipinski definition) is 0. The molecule has 0 saturated carbocycles. The Kier molecular flexibility index (Phi) is 8.67. The van der Waals surface area contributed by atoms with Gasteiger partial charge in [0.1, 0.15) is 16.1 Å². The van der Waals surface area contributed by atoms with E-state index < -0.39 is 16.1 Å². The minimum Gasteiger partial charge on any atom is -0.0753 e. The van der Waals surface area contributed by atoms with Crippen molar-refractivity contribution in [2.24, 2.45) is 0 Å². The van der Waals surface area contributed by atoms with Crippen molar-refractivity contribution >= 4 is 70.1 Å². The van der Waals surface area contributed by atoms with Crippen molar-refractivity contribution < 1.29 is 0 Å². The molecule has 0 N–H and O–H groups in total. The number of benzene rings is 8. The highest BCUT2D eigenvalue weighted by molar-refractivity contribution is 7.01. The quantitative estimate of drug-likeness (QED) is 0.111. The second kappa shape index (κ2) is 14.2. The molecule has 2 heteroatoms. The zero-order chi connectivity index (χ0) is 40.6. The summed E-state index contributed by atoms with van der Waals surface area (Å²) < 4.78 is 0. The van der Waals surface area contributed by atoms with Crippen LogP contribution in [-0.2, 0) is 6.42 Å². The standard InChI is InChI=1S/C58H48Si2/c1-59(2,44-17-9-6-10-18-44)45-31-23-40(24-32-45)55-48-19-11-13-21-50(48)56(51-22-14-12-20-49(51)55)41-25-33-46(34-26-41)60(3,4)54-38-30-43-28-36-52-47(39-15-7-5-8-16-39)35-27-42-29-37-53(54)58(43)57(42)52/h5-27,29-38,57H,28H2,1-4H3. The first kappa shape index (κ1) is 36.7. The molecule has 0 heterocycles. The van der Waals surface area contributed by atoms with Gasteiger partial charge in [-0.1, -0.05) is 242 Å². The van der Waals surface area contributed by atoms with Crippen LogP contribution < -0.4 is 20.7 Å². The SMILES string of the molecule is C[Si](C)(c1ccccc1)c1ccc(-c2c3ccccc3c(-c3ccc([Si](C)(C)c4ccc5c6c4C=CC4=CC=C(c7ccccc7)C(=CC5)C46)cc3)c3ccccc23)cc1. The zero-order valence-electron chi connectivity index (χ0n) is 34.8. The lowest BCUT2D eigenvalue weighted by Crippen LogP contribution is -2.54. The lowest BCUT2D eigenvalue weighted by Gasteiger charge is -2.38. The van der Waals surface area contributed by atoms with Crippen LogP contribution in [-0.4, -0.2) is 16.1 Å². The molecule has 1 unspecified atom stereocenters. The monoisotopic (exact) mass is 800 g/mol. The van der Waals surface area contributed by atoms with E-state index in [0.29, 0.717) is 5.92 Å². The fourth-order valence-electron chi connectivity index (χ4n) is 10.6. The third kappa shape index (κ3) is 5.77. The molecule has 288 valence electrons. The maximum Gasteiger partial charge on any atom is 0.113 e. The average molecular weight is 801 g/mol. The summed E-state index contributed by atoms with van der Waals surface area (Å²) in [6.45, 7) is 10.0. The van der Waals surface area contributed by atoms with Crippen molar-refractivity contribution in [1.82, 2.24) is 0 Å². The zero-order valence-corrected chi connectivity index (χ0v) is 36.8. The molecule has 3 aliphatic carbocycles. The Morgan fingerprint density at radius 1 is 0.433 bits per heavy atom. The van der Waals surface area contributed by atoms with E-state index in [4.69, 9.17) is 0 Å². The normalized spacial score (nSPS) is 15.7. The average Bonchev–Trinajstić information content (AvgIpc) is 3.30. The van der Waals surface area contributed by atoms with E-state index in [2.05, 4.69) is 226 Å². The van der Waals surface area contributed by atoms with Gasteiger partial charge in [-0.05, 0) is 94.4 Å². The van der Waals surface area contributed by atoms with Gasteiger partial charge in [-0.25, -0.2) is 0 Å². The summed E-state index contributed by atoms with van der Waals surface area (Å²) in [5.41, 5.74) is 15.2. The van der Waals surface area contributed by atoms with E-state index in [9.17, 15) is 0 Å². The maximum absolute atomic E-state index is 2.55. The summed E-state index contributed by atoms with van der Waals surface area (Å²) in [6, 6.07) is 64.2. The molecule has 0 spiro atoms. The molecule has 0 aromatic heterocycles. The Hall–Kier alpha value is -6.33. The van der Waals surface area contributed by atoms with Crippen LogP contribution in [0.25, 0.3) is 55.4 Å². The molecular weight excluding hydrogens is 753 g/mol. The molecule has 0 saturated heterocycles. The molecule has 0 aliphatic heterocycles. The van der Waals surface area contributed by atoms with Gasteiger partial charge in [-0.3, -0.25) is 0 Å². The van der Waals surface area contributed by atoms with Crippen LogP contribution in [0.3, 0.4) is 0 Å². The van der Waals surface area contributed by atoms with Gasteiger partial charge in [0.15, 0.2) is 0 Å². The maximum atomic E-state index is 2.55. The van der Waals surface area contributed by atoms with Gasteiger partial charge in [0.25, 0.3) is 0 Å². The molecule has 0 nitrogen and oxygen atoms in total. The summed E-state index contributed by atoms with van der Waals surface area (Å²) in [4.78, 5) is 0. The van der Waals surface area contributed by atoms with Crippen LogP contribution in [0.4, 0.5) is 0 Å². The molecule has 1 atom stereocenters. The smallest absolute Gasteiger partial charge is 0.0753 e. The fraction of sp³-hybridized carbons (Fsp3) is 0.103. The molecule has 8 aromatic carbocycles. The van der Waals surface area contributed by atoms with Crippen LogP contribution in [0.5, 0.6) is 0 Å². The summed E-state index contributed by atoms with van der Waals surface area (Å²) >= 11 is 0. The predicted octanol–water partition coefficient (Wildman–Crippen LogP) is 12.6. The highest BCUT2D eigenvalue weighted by atomic mass is 28.3. The molecule has 0 radical (unpaired) electrons. The van der Waals surface area contributed by atoms with Gasteiger partial charge >= 0.3 is 0 Å². The Bertz CT molecular complexity index is 3070. The lowest BCUT2D eigenvalue weighted by atomic mass is 9.68. The Balaban J connectivity index is 0.974. The molecule has 11 rings (SSSR count). The largest absolute Gasteiger partial charge is 0.113 e. The van der Waals surface area contributed by atoms with Gasteiger partial charge < -0.3 is 0 Å². The van der Waals surface area contributed by atoms with Gasteiger partial charge in [0.05, 0.1) is 0 Å². The van der Waals surface area contributed by atoms with Crippen LogP contribution in [0.15, 0.2) is 205 Å². The van der Waals surface area contributed by atoms with E-state index in [1.807, 2.05) is 0 Å². The fourth-order valence-corrected chi connectivity index (χ4v) is 15.7. The highest BCUT2D eigenvalue weighted by Crippen LogP contribution is 2.50. The van der Waals surface area contributed by atoms with E-state index in [1.165, 1.54) is 104 Å². The number of fused-ring (bicyclic) bond motifs is 2. The minimum atomic E-state index is -2.12. The Morgan fingerprint density at radius 3 is 1.50 bits per heavy atom. The van der Waals surface area contributed by atoms with Crippen LogP contribution in [0, 0.1) is 0 Å². The highest BCUT2D eigenvalue weighted by Gasteiger charge is 2.38. The summed E-state index contributed by atoms with van der Waals surface area (Å²) in [6.07, 6.45) is 13.0. The van der Waals surface area contributed by atoms with Crippen molar-refractivity contribution in [2.75, 3.05) is 0 Å². The van der Waals surface area contributed by atoms with E-state index in [-0.39, 0.29) is 0 Å². The predicted molar refractivity (Wildman–Crippen MR) is 265 cm³/mol. The number of allylic oxidation sites excluding steroid dienone is 7. The van der Waals surface area contributed by atoms with Gasteiger partial charge in [0.2, 0.25) is 0 Å². The Morgan fingerprint density at radius 2 is 0.933 bits per heavy atom. The Labute approximate surface area is 356 Å². The van der Waals surface area contributed by atoms with Crippen molar-refractivity contribution in [3.8, 4) is 22.3 Å². The molecule has 3 aliphatic rings. The molecular formula is C58H48Si2. The van der Waals surface area contributed by atoms with E-state index >= 15 is 0 Å². The second-order valence-corrected chi connectivity index (χ2v) is 26.7. The number of rotatable bonds is 7. The first-order valence-electron chi connectivity index (χ1n) is 21.5. The van der Waals surface area contributed by atoms with E-state index in [1.54, 1.807) is 0 Å². The van der Waals surface area contributed by atoms with Gasteiger partial charge in [-0.2, -0.15) is 0 Å². The lowest BCUT2D eigenvalue weighted by molar-refractivity contribution is 0.900. The molecule has 0 amide bonds. The molecule has 0 bridgehead atoms. The van der Waals surface area contributed by atoms with E-state index in [0.717, 1.165) is 6.42 Å². The minimum absolute atomic E-state index is 0.298. The van der Waals surface area contributed by atoms with Crippen molar-refractivity contribution in [2.45, 2.75) is 38.5 Å². The second-order valence-electron chi connectivity index (χ2n) is 18.0. The summed E-state index contributed by atoms with van der Waals surface area (Å²) in [5.74, 6) is 0.298. The first-order chi connectivity index (χ1) is 29.3. The summed E-state index contributed by atoms with van der Waals surface area (Å²) in [5, 5.41) is 11.1. The van der Waals surface area contributed by atoms with Crippen LogP contribution in [0.2, 0.25) is 26.2 Å². The van der Waals surface area contributed by atoms with Crippen molar-refractivity contribution in [3.63, 3.8) is 0 Å². The third-order valence-electron chi connectivity index (χ3n) is 14.0. The molecule has 8 aromatic rings. The summed E-state index contributed by atoms with van der Waals surface area (Å²) in [7, 11) is -3.94. The van der Waals surface area contributed by atoms with Gasteiger partial charge in [-0.15, -0.1) is 0 Å².